The smallest absolute Gasteiger partial charge is 0.409 e. The van der Waals surface area contributed by atoms with Crippen molar-refractivity contribution in [3.63, 3.8) is 0 Å². The fourth-order valence-corrected chi connectivity index (χ4v) is 6.82. The largest absolute Gasteiger partial charge is 0.495 e. The molecule has 3 aliphatic heterocycles. The molecule has 270 valence electrons. The summed E-state index contributed by atoms with van der Waals surface area (Å²) in [5.74, 6) is -1.48. The maximum Gasteiger partial charge on any atom is 0.409 e. The molecule has 0 aliphatic carbocycles. The van der Waals surface area contributed by atoms with Crippen molar-refractivity contribution in [3.8, 4) is 5.75 Å². The Morgan fingerprint density at radius 2 is 1.90 bits per heavy atom. The molecule has 3 heterocycles. The summed E-state index contributed by atoms with van der Waals surface area (Å²) in [6, 6.07) is 2.70. The van der Waals surface area contributed by atoms with E-state index >= 15 is 0 Å². The second-order valence-electron chi connectivity index (χ2n) is 13.2. The molecule has 1 aromatic carbocycles. The standard InChI is InChI=1S/C35H48ClN3O10/c1-19-12-11-13-27(45-9)35(46-10)18-26(47-33(43)37-35)20(2)31-34(5,49-31)28(48-32(42)21(3)38(6)22(4)40)17-29(41)39(7)24-15-23(14-19)16-25(44-8)30(24)36/h11-13,15-16,20-21,26-28,31H,14,17-18H2,1-10H3,(H,37,43)/b13-11+,19-12+/t20-,21+,26+,27-,28+,31+,34+,35+/m1/s1. The van der Waals surface area contributed by atoms with Gasteiger partial charge in [0.25, 0.3) is 0 Å². The quantitative estimate of drug-likeness (QED) is 0.338. The zero-order chi connectivity index (χ0) is 36.4. The Kier molecular flexibility index (Phi) is 11.7. The third kappa shape index (κ3) is 7.90. The van der Waals surface area contributed by atoms with Gasteiger partial charge in [-0.15, -0.1) is 0 Å². The van der Waals surface area contributed by atoms with Gasteiger partial charge in [-0.2, -0.15) is 0 Å². The van der Waals surface area contributed by atoms with Crippen molar-refractivity contribution in [2.75, 3.05) is 40.3 Å². The predicted octanol–water partition coefficient (Wildman–Crippen LogP) is 4.19. The number of nitrogens with zero attached hydrogens (tertiary/aromatic N) is 2. The molecule has 13 nitrogen and oxygen atoms in total. The number of amides is 3. The molecule has 2 saturated heterocycles. The number of epoxide rings is 1. The molecule has 49 heavy (non-hydrogen) atoms. The molecule has 3 amide bonds. The van der Waals surface area contributed by atoms with Crippen molar-refractivity contribution in [2.24, 2.45) is 5.92 Å². The van der Waals surface area contributed by atoms with E-state index in [1.807, 2.05) is 38.1 Å². The summed E-state index contributed by atoms with van der Waals surface area (Å²) in [5, 5.41) is 3.06. The number of rotatable bonds is 6. The minimum absolute atomic E-state index is 0.203. The molecule has 0 unspecified atom stereocenters. The topological polar surface area (TPSA) is 145 Å². The number of anilines is 1. The lowest BCUT2D eigenvalue weighted by Crippen LogP contribution is -2.64. The number of hydrogen-bond acceptors (Lipinski definition) is 10. The third-order valence-corrected chi connectivity index (χ3v) is 10.3. The Bertz CT molecular complexity index is 1520. The van der Waals surface area contributed by atoms with Gasteiger partial charge in [-0.25, -0.2) is 9.59 Å². The van der Waals surface area contributed by atoms with E-state index in [1.54, 1.807) is 27.0 Å². The van der Waals surface area contributed by atoms with Crippen LogP contribution in [0.15, 0.2) is 35.9 Å². The van der Waals surface area contributed by atoms with E-state index in [4.69, 9.17) is 40.0 Å². The monoisotopic (exact) mass is 705 g/mol. The number of methoxy groups -OCH3 is 3. The SMILES string of the molecule is COc1cc2cc(c1Cl)N(C)C(=O)C[C@H](OC(=O)[C@H](C)N(C)C(C)=O)[C@]1(C)O[C@H]1[C@H](C)[C@@H]1C[C@@](OC)(NC(=O)O1)[C@H](OC)/C=C/C=C(\C)C2. The van der Waals surface area contributed by atoms with Gasteiger partial charge in [-0.1, -0.05) is 42.3 Å². The van der Waals surface area contributed by atoms with Crippen LogP contribution in [0.2, 0.25) is 5.02 Å². The van der Waals surface area contributed by atoms with Gasteiger partial charge in [0.2, 0.25) is 11.8 Å². The van der Waals surface area contributed by atoms with Crippen molar-refractivity contribution >= 4 is 41.2 Å². The zero-order valence-electron chi connectivity index (χ0n) is 29.8. The van der Waals surface area contributed by atoms with Crippen LogP contribution in [0, 0.1) is 5.92 Å². The van der Waals surface area contributed by atoms with Gasteiger partial charge < -0.3 is 38.2 Å². The Labute approximate surface area is 292 Å². The van der Waals surface area contributed by atoms with Gasteiger partial charge >= 0.3 is 12.1 Å². The number of halogens is 1. The Balaban J connectivity index is 1.81. The van der Waals surface area contributed by atoms with E-state index in [0.717, 1.165) is 11.1 Å². The molecule has 0 aromatic heterocycles. The number of allylic oxidation sites excluding steroid dienone is 3. The van der Waals surface area contributed by atoms with E-state index in [-0.39, 0.29) is 23.8 Å². The highest BCUT2D eigenvalue weighted by Crippen LogP contribution is 2.49. The summed E-state index contributed by atoms with van der Waals surface area (Å²) in [4.78, 5) is 55.1. The lowest BCUT2D eigenvalue weighted by Gasteiger charge is -2.44. The fourth-order valence-electron chi connectivity index (χ4n) is 6.51. The summed E-state index contributed by atoms with van der Waals surface area (Å²) in [7, 11) is 7.60. The molecule has 0 radical (unpaired) electrons. The average molecular weight is 706 g/mol. The van der Waals surface area contributed by atoms with Crippen LogP contribution in [0.1, 0.15) is 53.0 Å². The summed E-state index contributed by atoms with van der Waals surface area (Å²) in [6.07, 6.45) is 2.24. The van der Waals surface area contributed by atoms with Crippen molar-refractivity contribution in [1.29, 1.82) is 0 Å². The number of benzene rings is 1. The molecule has 0 spiro atoms. The van der Waals surface area contributed by atoms with Crippen LogP contribution in [0.25, 0.3) is 0 Å². The minimum Gasteiger partial charge on any atom is -0.495 e. The molecule has 1 N–H and O–H groups in total. The first-order valence-electron chi connectivity index (χ1n) is 16.2. The first kappa shape index (κ1) is 38.2. The van der Waals surface area contributed by atoms with Gasteiger partial charge in [-0.05, 0) is 44.9 Å². The van der Waals surface area contributed by atoms with Crippen LogP contribution in [0.5, 0.6) is 5.75 Å². The maximum atomic E-state index is 14.0. The average Bonchev–Trinajstić information content (AvgIpc) is 3.76. The fraction of sp³-hybridized carbons (Fsp3) is 0.600. The second kappa shape index (κ2) is 15.1. The van der Waals surface area contributed by atoms with Crippen molar-refractivity contribution in [1.82, 2.24) is 10.2 Å². The van der Waals surface area contributed by atoms with Gasteiger partial charge in [-0.3, -0.25) is 14.9 Å². The molecular formula is C35H48ClN3O10. The van der Waals surface area contributed by atoms with E-state index in [2.05, 4.69) is 5.32 Å². The lowest BCUT2D eigenvalue weighted by atomic mass is 9.83. The van der Waals surface area contributed by atoms with E-state index in [0.29, 0.717) is 17.9 Å². The van der Waals surface area contributed by atoms with Crippen LogP contribution in [-0.2, 0) is 44.5 Å². The number of nitrogens with one attached hydrogen (secondary N) is 1. The van der Waals surface area contributed by atoms with Crippen molar-refractivity contribution in [3.05, 3.63) is 46.5 Å². The van der Waals surface area contributed by atoms with Crippen molar-refractivity contribution in [2.45, 2.75) is 95.7 Å². The number of hydrogen-bond donors (Lipinski definition) is 1. The summed E-state index contributed by atoms with van der Waals surface area (Å²) in [6.45, 7) is 8.46. The van der Waals surface area contributed by atoms with Crippen LogP contribution in [0.3, 0.4) is 0 Å². The summed E-state index contributed by atoms with van der Waals surface area (Å²) < 4.78 is 35.4. The van der Waals surface area contributed by atoms with E-state index in [9.17, 15) is 19.2 Å². The van der Waals surface area contributed by atoms with Crippen molar-refractivity contribution < 1.29 is 47.6 Å². The van der Waals surface area contributed by atoms with E-state index < -0.39 is 65.7 Å². The summed E-state index contributed by atoms with van der Waals surface area (Å²) >= 11 is 6.74. The molecule has 3 aliphatic rings. The first-order valence-corrected chi connectivity index (χ1v) is 16.5. The molecule has 4 bridgehead atoms. The first-order chi connectivity index (χ1) is 23.0. The zero-order valence-corrected chi connectivity index (χ0v) is 30.6. The van der Waals surface area contributed by atoms with Gasteiger partial charge in [0.1, 0.15) is 40.7 Å². The molecule has 8 atom stereocenters. The summed E-state index contributed by atoms with van der Waals surface area (Å²) in [5.41, 5.74) is -0.199. The highest BCUT2D eigenvalue weighted by atomic mass is 35.5. The number of carbonyl (C=O) groups is 4. The third-order valence-electron chi connectivity index (χ3n) is 9.97. The van der Waals surface area contributed by atoms with Gasteiger partial charge in [0, 0.05) is 47.6 Å². The van der Waals surface area contributed by atoms with Gasteiger partial charge in [0.15, 0.2) is 5.72 Å². The van der Waals surface area contributed by atoms with Crippen LogP contribution >= 0.6 is 11.6 Å². The Morgan fingerprint density at radius 1 is 1.20 bits per heavy atom. The second-order valence-corrected chi connectivity index (χ2v) is 13.6. The number of likely N-dealkylation sites (N-methyl/N-ethyl adjacent to an activating group) is 1. The maximum absolute atomic E-state index is 14.0. The highest BCUT2D eigenvalue weighted by Gasteiger charge is 2.64. The Morgan fingerprint density at radius 3 is 2.51 bits per heavy atom. The molecule has 2 fully saturated rings. The number of fused-ring (bicyclic) bond motifs is 5. The normalized spacial score (nSPS) is 32.8. The van der Waals surface area contributed by atoms with Crippen LogP contribution in [0.4, 0.5) is 10.5 Å². The molecule has 4 rings (SSSR count). The lowest BCUT2D eigenvalue weighted by molar-refractivity contribution is -0.162. The van der Waals surface area contributed by atoms with Crippen LogP contribution < -0.4 is 15.0 Å². The van der Waals surface area contributed by atoms with E-state index in [1.165, 1.54) is 45.1 Å². The minimum atomic E-state index is -1.27. The number of carbonyl (C=O) groups excluding carboxylic acids is 4. The highest BCUT2D eigenvalue weighted by molar-refractivity contribution is 6.35. The molecule has 1 aromatic rings. The van der Waals surface area contributed by atoms with Crippen LogP contribution in [-0.4, -0.2) is 106 Å². The predicted molar refractivity (Wildman–Crippen MR) is 181 cm³/mol. The number of ether oxygens (including phenoxy) is 6. The molecule has 14 heteroatoms. The molecule has 0 saturated carbocycles. The number of esters is 1. The molecular weight excluding hydrogens is 658 g/mol. The number of alkyl carbamates (subject to hydrolysis) is 1. The Hall–Kier alpha value is -3.65. The van der Waals surface area contributed by atoms with Gasteiger partial charge in [0.05, 0.1) is 25.3 Å².